The summed E-state index contributed by atoms with van der Waals surface area (Å²) in [5.74, 6) is 0.868. The Hall–Kier alpha value is -1.64. The molecule has 0 aliphatic rings. The third-order valence-corrected chi connectivity index (χ3v) is 4.75. The third kappa shape index (κ3) is 3.72. The topological polar surface area (TPSA) is 111 Å². The van der Waals surface area contributed by atoms with E-state index in [-0.39, 0.29) is 16.5 Å². The van der Waals surface area contributed by atoms with Crippen LogP contribution < -0.4 is 10.5 Å². The van der Waals surface area contributed by atoms with E-state index in [1.165, 1.54) is 12.1 Å². The largest absolute Gasteiger partial charge is 0.398 e. The van der Waals surface area contributed by atoms with Crippen molar-refractivity contribution in [2.75, 3.05) is 12.3 Å². The molecule has 1 aromatic heterocycles. The molecule has 0 unspecified atom stereocenters. The van der Waals surface area contributed by atoms with E-state index >= 15 is 0 Å². The second kappa shape index (κ2) is 6.00. The van der Waals surface area contributed by atoms with Gasteiger partial charge in [0, 0.05) is 25.6 Å². The minimum absolute atomic E-state index is 0.0449. The van der Waals surface area contributed by atoms with E-state index < -0.39 is 10.0 Å². The highest BCUT2D eigenvalue weighted by Crippen LogP contribution is 2.26. The van der Waals surface area contributed by atoms with Crippen molar-refractivity contribution >= 4 is 27.3 Å². The van der Waals surface area contributed by atoms with Crippen LogP contribution in [-0.2, 0) is 16.4 Å². The van der Waals surface area contributed by atoms with Gasteiger partial charge in [-0.25, -0.2) is 13.1 Å². The lowest BCUT2D eigenvalue weighted by molar-refractivity contribution is 0.387. The van der Waals surface area contributed by atoms with Crippen LogP contribution in [0, 0.1) is 13.8 Å². The molecule has 0 bridgehead atoms. The number of benzene rings is 1. The summed E-state index contributed by atoms with van der Waals surface area (Å²) in [6, 6.07) is 2.87. The highest BCUT2D eigenvalue weighted by Gasteiger charge is 2.19. The van der Waals surface area contributed by atoms with Gasteiger partial charge < -0.3 is 10.3 Å². The van der Waals surface area contributed by atoms with Crippen molar-refractivity contribution in [2.24, 2.45) is 0 Å². The van der Waals surface area contributed by atoms with Crippen molar-refractivity contribution in [3.8, 4) is 0 Å². The van der Waals surface area contributed by atoms with Gasteiger partial charge in [-0.15, -0.1) is 0 Å². The van der Waals surface area contributed by atoms with E-state index in [0.717, 1.165) is 5.56 Å². The first-order chi connectivity index (χ1) is 9.79. The zero-order valence-electron chi connectivity index (χ0n) is 11.6. The van der Waals surface area contributed by atoms with Crippen LogP contribution in [0.1, 0.15) is 17.3 Å². The van der Waals surface area contributed by atoms with Crippen molar-refractivity contribution < 1.29 is 12.9 Å². The fourth-order valence-electron chi connectivity index (χ4n) is 1.69. The maximum Gasteiger partial charge on any atom is 0.242 e. The molecule has 0 amide bonds. The van der Waals surface area contributed by atoms with Crippen LogP contribution in [0.15, 0.2) is 21.6 Å². The Bertz CT molecular complexity index is 758. The molecule has 7 nitrogen and oxygen atoms in total. The van der Waals surface area contributed by atoms with Gasteiger partial charge in [-0.2, -0.15) is 4.98 Å². The van der Waals surface area contributed by atoms with E-state index in [1.54, 1.807) is 13.8 Å². The Morgan fingerprint density at radius 1 is 1.38 bits per heavy atom. The number of nitrogens with two attached hydrogens (primary N) is 1. The SMILES string of the molecule is Cc1nc(CCNS(=O)(=O)c2cc(N)c(C)cc2Cl)no1. The molecular formula is C12H15ClN4O3S. The molecule has 0 fully saturated rings. The van der Waals surface area contributed by atoms with Gasteiger partial charge in [-0.3, -0.25) is 0 Å². The maximum atomic E-state index is 12.2. The van der Waals surface area contributed by atoms with Crippen molar-refractivity contribution in [1.82, 2.24) is 14.9 Å². The molecule has 1 heterocycles. The molecule has 3 N–H and O–H groups in total. The molecule has 2 aromatic rings. The van der Waals surface area contributed by atoms with Gasteiger partial charge >= 0.3 is 0 Å². The van der Waals surface area contributed by atoms with Crippen molar-refractivity contribution in [2.45, 2.75) is 25.2 Å². The number of hydrogen-bond donors (Lipinski definition) is 2. The van der Waals surface area contributed by atoms with Gasteiger partial charge in [-0.1, -0.05) is 16.8 Å². The van der Waals surface area contributed by atoms with Crippen LogP contribution in [0.25, 0.3) is 0 Å². The summed E-state index contributed by atoms with van der Waals surface area (Å²) in [5, 5.41) is 3.81. The number of hydrogen-bond acceptors (Lipinski definition) is 6. The molecule has 0 aliphatic heterocycles. The molecule has 114 valence electrons. The Labute approximate surface area is 127 Å². The molecule has 9 heteroatoms. The number of anilines is 1. The molecule has 0 aliphatic carbocycles. The van der Waals surface area contributed by atoms with E-state index in [2.05, 4.69) is 14.9 Å². The van der Waals surface area contributed by atoms with Crippen LogP contribution >= 0.6 is 11.6 Å². The average Bonchev–Trinajstić information content (AvgIpc) is 2.79. The molecule has 2 rings (SSSR count). The Morgan fingerprint density at radius 3 is 2.71 bits per heavy atom. The molecule has 0 atom stereocenters. The number of rotatable bonds is 5. The summed E-state index contributed by atoms with van der Waals surface area (Å²) in [4.78, 5) is 3.94. The number of nitrogen functional groups attached to an aromatic ring is 1. The van der Waals surface area contributed by atoms with Crippen LogP contribution in [0.3, 0.4) is 0 Å². The van der Waals surface area contributed by atoms with Gasteiger partial charge in [0.05, 0.1) is 5.02 Å². The lowest BCUT2D eigenvalue weighted by Gasteiger charge is -2.10. The number of halogens is 1. The van der Waals surface area contributed by atoms with E-state index in [1.807, 2.05) is 0 Å². The minimum atomic E-state index is -3.74. The number of aromatic nitrogens is 2. The first-order valence-electron chi connectivity index (χ1n) is 6.14. The van der Waals surface area contributed by atoms with E-state index in [4.69, 9.17) is 21.9 Å². The second-order valence-corrected chi connectivity index (χ2v) is 6.66. The summed E-state index contributed by atoms with van der Waals surface area (Å²) in [6.45, 7) is 3.55. The molecule has 21 heavy (non-hydrogen) atoms. The summed E-state index contributed by atoms with van der Waals surface area (Å²) >= 11 is 5.97. The zero-order valence-corrected chi connectivity index (χ0v) is 13.1. The monoisotopic (exact) mass is 330 g/mol. The van der Waals surface area contributed by atoms with Crippen molar-refractivity contribution in [3.63, 3.8) is 0 Å². The first-order valence-corrected chi connectivity index (χ1v) is 8.00. The van der Waals surface area contributed by atoms with E-state index in [0.29, 0.717) is 23.8 Å². The van der Waals surface area contributed by atoms with Gasteiger partial charge in [-0.05, 0) is 24.6 Å². The lowest BCUT2D eigenvalue weighted by Crippen LogP contribution is -2.26. The predicted molar refractivity (Wildman–Crippen MR) is 78.5 cm³/mol. The molecule has 0 saturated heterocycles. The van der Waals surface area contributed by atoms with Gasteiger partial charge in [0.25, 0.3) is 0 Å². The third-order valence-electron chi connectivity index (χ3n) is 2.82. The zero-order chi connectivity index (χ0) is 15.6. The second-order valence-electron chi connectivity index (χ2n) is 4.52. The summed E-state index contributed by atoms with van der Waals surface area (Å²) < 4.78 is 31.6. The van der Waals surface area contributed by atoms with Crippen LogP contribution in [0.2, 0.25) is 5.02 Å². The smallest absolute Gasteiger partial charge is 0.242 e. The number of nitrogens with one attached hydrogen (secondary N) is 1. The summed E-state index contributed by atoms with van der Waals surface area (Å²) in [5.41, 5.74) is 6.82. The Kier molecular flexibility index (Phi) is 4.50. The standard InChI is InChI=1S/C12H15ClN4O3S/c1-7-5-9(13)11(6-10(7)14)21(18,19)15-4-3-12-16-8(2)20-17-12/h5-6,15H,3-4,14H2,1-2H3. The molecular weight excluding hydrogens is 316 g/mol. The Balaban J connectivity index is 2.10. The van der Waals surface area contributed by atoms with E-state index in [9.17, 15) is 8.42 Å². The first kappa shape index (κ1) is 15.7. The van der Waals surface area contributed by atoms with Crippen LogP contribution in [-0.4, -0.2) is 25.1 Å². The van der Waals surface area contributed by atoms with Crippen LogP contribution in [0.5, 0.6) is 0 Å². The van der Waals surface area contributed by atoms with Gasteiger partial charge in [0.15, 0.2) is 5.82 Å². The van der Waals surface area contributed by atoms with Gasteiger partial charge in [0.2, 0.25) is 15.9 Å². The number of aryl methyl sites for hydroxylation is 2. The summed E-state index contributed by atoms with van der Waals surface area (Å²) in [7, 11) is -3.74. The van der Waals surface area contributed by atoms with Gasteiger partial charge in [0.1, 0.15) is 4.90 Å². The average molecular weight is 331 g/mol. The normalized spacial score (nSPS) is 11.8. The Morgan fingerprint density at radius 2 is 2.10 bits per heavy atom. The number of nitrogens with zero attached hydrogens (tertiary/aromatic N) is 2. The fourth-order valence-corrected chi connectivity index (χ4v) is 3.34. The predicted octanol–water partition coefficient (Wildman–Crippen LogP) is 1.44. The quantitative estimate of drug-likeness (QED) is 0.802. The molecule has 1 aromatic carbocycles. The van der Waals surface area contributed by atoms with Crippen LogP contribution in [0.4, 0.5) is 5.69 Å². The lowest BCUT2D eigenvalue weighted by atomic mass is 10.2. The highest BCUT2D eigenvalue weighted by atomic mass is 35.5. The van der Waals surface area contributed by atoms with Crippen molar-refractivity contribution in [1.29, 1.82) is 0 Å². The fraction of sp³-hybridized carbons (Fsp3) is 0.333. The molecule has 0 saturated carbocycles. The summed E-state index contributed by atoms with van der Waals surface area (Å²) in [6.07, 6.45) is 0.315. The maximum absolute atomic E-state index is 12.2. The molecule has 0 radical (unpaired) electrons. The minimum Gasteiger partial charge on any atom is -0.398 e. The molecule has 0 spiro atoms. The number of sulfonamides is 1. The highest BCUT2D eigenvalue weighted by molar-refractivity contribution is 7.89. The van der Waals surface area contributed by atoms with Crippen molar-refractivity contribution in [3.05, 3.63) is 34.4 Å².